The highest BCUT2D eigenvalue weighted by molar-refractivity contribution is 6.11. The highest BCUT2D eigenvalue weighted by Crippen LogP contribution is 2.32. The van der Waals surface area contributed by atoms with Crippen molar-refractivity contribution in [2.75, 3.05) is 31.6 Å². The molecule has 3 aliphatic heterocycles. The van der Waals surface area contributed by atoms with Crippen molar-refractivity contribution in [1.82, 2.24) is 9.88 Å². The Morgan fingerprint density at radius 3 is 3.00 bits per heavy atom. The highest BCUT2D eigenvalue weighted by Gasteiger charge is 2.37. The number of rotatable bonds is 0. The lowest BCUT2D eigenvalue weighted by Gasteiger charge is -2.30. The lowest BCUT2D eigenvalue weighted by Crippen LogP contribution is -2.41. The molecule has 4 heterocycles. The quantitative estimate of drug-likeness (QED) is 0.788. The molecule has 132 valence electrons. The van der Waals surface area contributed by atoms with Crippen molar-refractivity contribution in [1.29, 1.82) is 0 Å². The van der Waals surface area contributed by atoms with Gasteiger partial charge in [0.1, 0.15) is 11.7 Å². The van der Waals surface area contributed by atoms with Gasteiger partial charge >= 0.3 is 0 Å². The van der Waals surface area contributed by atoms with Gasteiger partial charge in [-0.2, -0.15) is 4.98 Å². The van der Waals surface area contributed by atoms with Crippen molar-refractivity contribution >= 4 is 17.6 Å². The molecule has 0 spiro atoms. The van der Waals surface area contributed by atoms with Crippen LogP contribution in [0.4, 0.5) is 5.82 Å². The topological polar surface area (TPSA) is 66.8 Å². The number of carbonyl (C=O) groups excluding carboxylic acids is 1. The molecule has 1 aromatic rings. The third kappa shape index (κ3) is 3.13. The Morgan fingerprint density at radius 2 is 2.12 bits per heavy atom. The Hall–Kier alpha value is -2.37. The largest absolute Gasteiger partial charge is 0.478 e. The summed E-state index contributed by atoms with van der Waals surface area (Å²) in [4.78, 5) is 24.1. The molecule has 0 saturated heterocycles. The van der Waals surface area contributed by atoms with Crippen LogP contribution in [0.25, 0.3) is 0 Å². The van der Waals surface area contributed by atoms with Gasteiger partial charge in [0.2, 0.25) is 11.8 Å². The van der Waals surface area contributed by atoms with Crippen LogP contribution < -0.4 is 10.1 Å². The third-order valence-corrected chi connectivity index (χ3v) is 5.15. The molecule has 0 fully saturated rings. The lowest BCUT2D eigenvalue weighted by atomic mass is 9.85. The molecule has 1 N–H and O–H groups in total. The van der Waals surface area contributed by atoms with Crippen LogP contribution in [0, 0.1) is 5.41 Å². The number of anilines is 1. The van der Waals surface area contributed by atoms with Gasteiger partial charge in [0.25, 0.3) is 0 Å². The van der Waals surface area contributed by atoms with E-state index in [4.69, 9.17) is 4.74 Å². The molecule has 6 heteroatoms. The summed E-state index contributed by atoms with van der Waals surface area (Å²) in [5.41, 5.74) is 2.04. The fourth-order valence-corrected chi connectivity index (χ4v) is 3.67. The van der Waals surface area contributed by atoms with Crippen molar-refractivity contribution in [3.8, 4) is 5.88 Å². The zero-order valence-electron chi connectivity index (χ0n) is 14.8. The third-order valence-electron chi connectivity index (χ3n) is 5.15. The van der Waals surface area contributed by atoms with E-state index in [0.29, 0.717) is 32.1 Å². The van der Waals surface area contributed by atoms with Gasteiger partial charge < -0.3 is 15.0 Å². The summed E-state index contributed by atoms with van der Waals surface area (Å²) in [5.74, 6) is 2.42. The molecule has 4 rings (SSSR count). The van der Waals surface area contributed by atoms with Crippen molar-refractivity contribution in [2.45, 2.75) is 33.1 Å². The lowest BCUT2D eigenvalue weighted by molar-refractivity contribution is -0.139. The monoisotopic (exact) mass is 340 g/mol. The SMILES string of the molecule is CC1(C)CCCCOc2cccc(n2)NC2=NCC3=C2CN(C3)C1=O. The summed E-state index contributed by atoms with van der Waals surface area (Å²) in [6, 6.07) is 5.71. The second-order valence-electron chi connectivity index (χ2n) is 7.58. The molecular formula is C19H24N4O2. The first-order chi connectivity index (χ1) is 12.0. The Balaban J connectivity index is 1.62. The maximum Gasteiger partial charge on any atom is 0.228 e. The van der Waals surface area contributed by atoms with Crippen LogP contribution in [0.2, 0.25) is 0 Å². The van der Waals surface area contributed by atoms with Crippen molar-refractivity contribution in [3.63, 3.8) is 0 Å². The molecule has 0 atom stereocenters. The van der Waals surface area contributed by atoms with Crippen LogP contribution in [-0.2, 0) is 4.79 Å². The summed E-state index contributed by atoms with van der Waals surface area (Å²) >= 11 is 0. The minimum Gasteiger partial charge on any atom is -0.478 e. The van der Waals surface area contributed by atoms with E-state index >= 15 is 0 Å². The fraction of sp³-hybridized carbons (Fsp3) is 0.526. The molecule has 1 aromatic heterocycles. The van der Waals surface area contributed by atoms with Gasteiger partial charge in [0.15, 0.2) is 0 Å². The van der Waals surface area contributed by atoms with E-state index in [1.54, 1.807) is 0 Å². The van der Waals surface area contributed by atoms with Gasteiger partial charge in [-0.05, 0) is 30.9 Å². The first kappa shape index (κ1) is 16.1. The first-order valence-corrected chi connectivity index (χ1v) is 8.95. The Kier molecular flexibility index (Phi) is 3.98. The zero-order valence-corrected chi connectivity index (χ0v) is 14.8. The molecular weight excluding hydrogens is 316 g/mol. The smallest absolute Gasteiger partial charge is 0.228 e. The van der Waals surface area contributed by atoms with Crippen LogP contribution in [0.1, 0.15) is 33.1 Å². The Morgan fingerprint density at radius 1 is 1.24 bits per heavy atom. The predicted molar refractivity (Wildman–Crippen MR) is 96.9 cm³/mol. The molecule has 4 bridgehead atoms. The van der Waals surface area contributed by atoms with E-state index in [1.807, 2.05) is 23.1 Å². The summed E-state index contributed by atoms with van der Waals surface area (Å²) in [5, 5.41) is 3.31. The van der Waals surface area contributed by atoms with E-state index in [2.05, 4.69) is 29.1 Å². The molecule has 6 nitrogen and oxygen atoms in total. The fourth-order valence-electron chi connectivity index (χ4n) is 3.67. The van der Waals surface area contributed by atoms with Gasteiger partial charge in [-0.3, -0.25) is 9.79 Å². The average molecular weight is 340 g/mol. The number of pyridine rings is 1. The normalized spacial score (nSPS) is 22.7. The van der Waals surface area contributed by atoms with Gasteiger partial charge in [-0.1, -0.05) is 19.9 Å². The number of amides is 1. The predicted octanol–water partition coefficient (Wildman–Crippen LogP) is 2.63. The molecule has 0 aromatic carbocycles. The molecule has 0 aliphatic carbocycles. The van der Waals surface area contributed by atoms with Gasteiger partial charge in [-0.25, -0.2) is 0 Å². The number of aromatic nitrogens is 1. The van der Waals surface area contributed by atoms with Gasteiger partial charge in [-0.15, -0.1) is 0 Å². The number of nitrogens with one attached hydrogen (secondary N) is 1. The second kappa shape index (κ2) is 6.17. The zero-order chi connectivity index (χ0) is 17.4. The van der Waals surface area contributed by atoms with Crippen LogP contribution in [0.15, 0.2) is 34.3 Å². The van der Waals surface area contributed by atoms with Crippen molar-refractivity contribution in [2.24, 2.45) is 10.4 Å². The van der Waals surface area contributed by atoms with Crippen molar-refractivity contribution < 1.29 is 9.53 Å². The maximum absolute atomic E-state index is 13.0. The average Bonchev–Trinajstić information content (AvgIpc) is 3.15. The number of hydrogen-bond donors (Lipinski definition) is 1. The minimum absolute atomic E-state index is 0.232. The standard InChI is InChI=1S/C19H24N4O2/c1-19(2)8-3-4-9-25-16-7-5-6-15(21-16)22-17-14-12-23(18(19)24)11-13(14)10-20-17/h5-7H,3-4,8-12H2,1-2H3,(H,20,21,22). The Bertz CT molecular complexity index is 766. The number of ether oxygens (including phenoxy) is 1. The van der Waals surface area contributed by atoms with Crippen LogP contribution in [0.3, 0.4) is 0 Å². The number of fused-ring (bicyclic) bond motifs is 3. The summed E-state index contributed by atoms with van der Waals surface area (Å²) in [7, 11) is 0. The summed E-state index contributed by atoms with van der Waals surface area (Å²) < 4.78 is 5.76. The van der Waals surface area contributed by atoms with Crippen LogP contribution in [0.5, 0.6) is 5.88 Å². The number of hydrogen-bond acceptors (Lipinski definition) is 5. The van der Waals surface area contributed by atoms with Gasteiger partial charge in [0.05, 0.1) is 13.2 Å². The summed E-state index contributed by atoms with van der Waals surface area (Å²) in [6.07, 6.45) is 2.74. The van der Waals surface area contributed by atoms with Crippen LogP contribution >= 0.6 is 0 Å². The van der Waals surface area contributed by atoms with Crippen molar-refractivity contribution in [3.05, 3.63) is 29.3 Å². The second-order valence-corrected chi connectivity index (χ2v) is 7.58. The number of nitrogens with zero attached hydrogens (tertiary/aromatic N) is 3. The van der Waals surface area contributed by atoms with Gasteiger partial charge in [0, 0.05) is 30.1 Å². The Labute approximate surface area is 148 Å². The first-order valence-electron chi connectivity index (χ1n) is 8.95. The number of carbonyl (C=O) groups is 1. The van der Waals surface area contributed by atoms with E-state index in [9.17, 15) is 4.79 Å². The number of amidine groups is 1. The molecule has 0 saturated carbocycles. The minimum atomic E-state index is -0.347. The molecule has 3 aliphatic rings. The maximum atomic E-state index is 13.0. The molecule has 0 unspecified atom stereocenters. The molecule has 0 radical (unpaired) electrons. The summed E-state index contributed by atoms with van der Waals surface area (Å²) in [6.45, 7) is 6.71. The highest BCUT2D eigenvalue weighted by atomic mass is 16.5. The molecule has 25 heavy (non-hydrogen) atoms. The van der Waals surface area contributed by atoms with E-state index in [-0.39, 0.29) is 11.3 Å². The number of aliphatic imine (C=N–C) groups is 1. The van der Waals surface area contributed by atoms with E-state index in [1.165, 1.54) is 5.57 Å². The van der Waals surface area contributed by atoms with Crippen LogP contribution in [-0.4, -0.2) is 47.9 Å². The van der Waals surface area contributed by atoms with E-state index < -0.39 is 0 Å². The molecule has 1 amide bonds. The van der Waals surface area contributed by atoms with E-state index in [0.717, 1.165) is 36.5 Å².